The molecule has 0 saturated carbocycles. The van der Waals surface area contributed by atoms with Crippen LogP contribution in [0.3, 0.4) is 0 Å². The molecule has 2 aromatic heterocycles. The van der Waals surface area contributed by atoms with Gasteiger partial charge in [-0.05, 0) is 36.6 Å². The van der Waals surface area contributed by atoms with Crippen LogP contribution in [0.15, 0.2) is 67.0 Å². The Labute approximate surface area is 197 Å². The zero-order valence-electron chi connectivity index (χ0n) is 18.9. The van der Waals surface area contributed by atoms with Crippen molar-refractivity contribution >= 4 is 28.4 Å². The molecule has 0 atom stereocenters. The fourth-order valence-corrected chi connectivity index (χ4v) is 4.21. The fraction of sp³-hybridized carbons (Fsp3) is 0.269. The molecule has 1 aliphatic rings. The number of carbonyl (C=O) groups excluding carboxylic acids is 2. The third kappa shape index (κ3) is 4.87. The predicted molar refractivity (Wildman–Crippen MR) is 130 cm³/mol. The van der Waals surface area contributed by atoms with Gasteiger partial charge in [-0.3, -0.25) is 14.3 Å². The first-order chi connectivity index (χ1) is 16.7. The quantitative estimate of drug-likeness (QED) is 0.489. The Morgan fingerprint density at radius 2 is 1.94 bits per heavy atom. The van der Waals surface area contributed by atoms with Gasteiger partial charge in [-0.2, -0.15) is 5.10 Å². The number of fused-ring (bicyclic) bond motifs is 3. The number of nitrogens with one attached hydrogen (secondary N) is 2. The molecule has 8 nitrogen and oxygen atoms in total. The van der Waals surface area contributed by atoms with Crippen LogP contribution in [-0.2, 0) is 17.8 Å². The Kier molecular flexibility index (Phi) is 6.40. The molecule has 5 rings (SSSR count). The van der Waals surface area contributed by atoms with Crippen molar-refractivity contribution in [2.75, 3.05) is 25.1 Å². The van der Waals surface area contributed by atoms with Crippen molar-refractivity contribution in [2.24, 2.45) is 0 Å². The van der Waals surface area contributed by atoms with Gasteiger partial charge in [0.05, 0.1) is 18.4 Å². The SMILES string of the molecule is O=C(Nc1cnn(Cc2ccccc2)c1)c1ccc2cc3n(c2c1)CCCOCCCNC3=O. The smallest absolute Gasteiger partial charge is 0.267 e. The zero-order valence-corrected chi connectivity index (χ0v) is 18.9. The summed E-state index contributed by atoms with van der Waals surface area (Å²) in [6, 6.07) is 17.4. The van der Waals surface area contributed by atoms with Crippen LogP contribution in [0.4, 0.5) is 5.69 Å². The van der Waals surface area contributed by atoms with Gasteiger partial charge in [0.2, 0.25) is 0 Å². The van der Waals surface area contributed by atoms with E-state index in [4.69, 9.17) is 4.74 Å². The molecule has 2 amide bonds. The van der Waals surface area contributed by atoms with E-state index >= 15 is 0 Å². The van der Waals surface area contributed by atoms with Crippen LogP contribution in [0, 0.1) is 0 Å². The molecule has 0 fully saturated rings. The maximum Gasteiger partial charge on any atom is 0.267 e. The molecule has 0 unspecified atom stereocenters. The van der Waals surface area contributed by atoms with Crippen molar-refractivity contribution in [1.29, 1.82) is 0 Å². The van der Waals surface area contributed by atoms with Crippen molar-refractivity contribution in [3.8, 4) is 0 Å². The summed E-state index contributed by atoms with van der Waals surface area (Å²) in [5, 5.41) is 11.2. The number of aryl methyl sites for hydroxylation is 1. The van der Waals surface area contributed by atoms with Crippen LogP contribution in [0.1, 0.15) is 39.3 Å². The molecule has 1 aliphatic heterocycles. The van der Waals surface area contributed by atoms with Crippen LogP contribution in [-0.4, -0.2) is 45.9 Å². The normalized spacial score (nSPS) is 14.8. The highest BCUT2D eigenvalue weighted by atomic mass is 16.5. The van der Waals surface area contributed by atoms with Crippen LogP contribution in [0.2, 0.25) is 0 Å². The van der Waals surface area contributed by atoms with Crippen LogP contribution < -0.4 is 10.6 Å². The van der Waals surface area contributed by atoms with Gasteiger partial charge in [0.25, 0.3) is 11.8 Å². The molecule has 2 aromatic carbocycles. The molecular formula is C26H27N5O3. The first-order valence-corrected chi connectivity index (χ1v) is 11.5. The molecule has 0 spiro atoms. The molecular weight excluding hydrogens is 430 g/mol. The summed E-state index contributed by atoms with van der Waals surface area (Å²) in [5.74, 6) is -0.323. The number of ether oxygens (including phenoxy) is 1. The number of nitrogens with zero attached hydrogens (tertiary/aromatic N) is 3. The van der Waals surface area contributed by atoms with Crippen molar-refractivity contribution < 1.29 is 14.3 Å². The molecule has 0 aliphatic carbocycles. The number of rotatable bonds is 4. The van der Waals surface area contributed by atoms with Crippen molar-refractivity contribution in [3.05, 3.63) is 83.8 Å². The van der Waals surface area contributed by atoms with Gasteiger partial charge in [-0.15, -0.1) is 0 Å². The highest BCUT2D eigenvalue weighted by Crippen LogP contribution is 2.23. The molecule has 3 heterocycles. The van der Waals surface area contributed by atoms with Gasteiger partial charge >= 0.3 is 0 Å². The minimum atomic E-state index is -0.221. The summed E-state index contributed by atoms with van der Waals surface area (Å²) in [4.78, 5) is 25.7. The molecule has 8 heteroatoms. The largest absolute Gasteiger partial charge is 0.381 e. The summed E-state index contributed by atoms with van der Waals surface area (Å²) in [5.41, 5.74) is 3.76. The van der Waals surface area contributed by atoms with Gasteiger partial charge in [0.1, 0.15) is 5.69 Å². The van der Waals surface area contributed by atoms with E-state index in [1.807, 2.05) is 59.3 Å². The topological polar surface area (TPSA) is 90.2 Å². The molecule has 0 bridgehead atoms. The summed E-state index contributed by atoms with van der Waals surface area (Å²) in [6.45, 7) is 3.13. The first-order valence-electron chi connectivity index (χ1n) is 11.5. The van der Waals surface area contributed by atoms with E-state index in [1.54, 1.807) is 16.9 Å². The highest BCUT2D eigenvalue weighted by Gasteiger charge is 2.18. The fourth-order valence-electron chi connectivity index (χ4n) is 4.21. The van der Waals surface area contributed by atoms with E-state index in [1.165, 1.54) is 0 Å². The molecule has 174 valence electrons. The molecule has 0 radical (unpaired) electrons. The monoisotopic (exact) mass is 457 g/mol. The van der Waals surface area contributed by atoms with Crippen molar-refractivity contribution in [2.45, 2.75) is 25.9 Å². The van der Waals surface area contributed by atoms with E-state index in [-0.39, 0.29) is 11.8 Å². The summed E-state index contributed by atoms with van der Waals surface area (Å²) in [6.07, 6.45) is 5.04. The van der Waals surface area contributed by atoms with Gasteiger partial charge < -0.3 is 19.9 Å². The van der Waals surface area contributed by atoms with Gasteiger partial charge in [0, 0.05) is 49.0 Å². The second-order valence-corrected chi connectivity index (χ2v) is 8.40. The minimum Gasteiger partial charge on any atom is -0.381 e. The number of anilines is 1. The van der Waals surface area contributed by atoms with Gasteiger partial charge in [-0.1, -0.05) is 36.4 Å². The first kappa shape index (κ1) is 21.9. The lowest BCUT2D eigenvalue weighted by Gasteiger charge is -2.10. The third-order valence-electron chi connectivity index (χ3n) is 5.90. The summed E-state index contributed by atoms with van der Waals surface area (Å²) >= 11 is 0. The lowest BCUT2D eigenvalue weighted by molar-refractivity contribution is 0.0939. The van der Waals surface area contributed by atoms with Gasteiger partial charge in [-0.25, -0.2) is 0 Å². The standard InChI is InChI=1S/C26H27N5O3/c32-25(29-22-16-28-30(18-22)17-19-6-2-1-3-7-19)21-9-8-20-14-24-26(33)27-10-4-12-34-13-5-11-31(24)23(20)15-21/h1-3,6-9,14-16,18H,4-5,10-13,17H2,(H,27,33)(H,29,32). The molecule has 4 aromatic rings. The Hall–Kier alpha value is -3.91. The van der Waals surface area contributed by atoms with Crippen molar-refractivity contribution in [3.63, 3.8) is 0 Å². The van der Waals surface area contributed by atoms with E-state index in [0.717, 1.165) is 29.3 Å². The van der Waals surface area contributed by atoms with E-state index < -0.39 is 0 Å². The average molecular weight is 458 g/mol. The molecule has 0 saturated heterocycles. The highest BCUT2D eigenvalue weighted by molar-refractivity contribution is 6.07. The number of hydrogen-bond donors (Lipinski definition) is 2. The maximum atomic E-state index is 13.0. The number of aromatic nitrogens is 3. The second-order valence-electron chi connectivity index (χ2n) is 8.40. The number of benzene rings is 2. The molecule has 2 N–H and O–H groups in total. The van der Waals surface area contributed by atoms with Crippen LogP contribution in [0.25, 0.3) is 10.9 Å². The average Bonchev–Trinajstić information content (AvgIpc) is 3.43. The predicted octanol–water partition coefficient (Wildman–Crippen LogP) is 3.68. The second kappa shape index (κ2) is 9.93. The van der Waals surface area contributed by atoms with Crippen LogP contribution in [0.5, 0.6) is 0 Å². The lowest BCUT2D eigenvalue weighted by atomic mass is 10.1. The lowest BCUT2D eigenvalue weighted by Crippen LogP contribution is -2.27. The van der Waals surface area contributed by atoms with E-state index in [0.29, 0.717) is 49.8 Å². The Morgan fingerprint density at radius 1 is 1.09 bits per heavy atom. The summed E-state index contributed by atoms with van der Waals surface area (Å²) in [7, 11) is 0. The Balaban J connectivity index is 1.36. The number of amides is 2. The van der Waals surface area contributed by atoms with Gasteiger partial charge in [0.15, 0.2) is 0 Å². The summed E-state index contributed by atoms with van der Waals surface area (Å²) < 4.78 is 9.41. The number of hydrogen-bond acceptors (Lipinski definition) is 4. The maximum absolute atomic E-state index is 13.0. The molecule has 34 heavy (non-hydrogen) atoms. The van der Waals surface area contributed by atoms with E-state index in [2.05, 4.69) is 15.7 Å². The zero-order chi connectivity index (χ0) is 23.3. The third-order valence-corrected chi connectivity index (χ3v) is 5.90. The minimum absolute atomic E-state index is 0.102. The van der Waals surface area contributed by atoms with Crippen molar-refractivity contribution in [1.82, 2.24) is 19.7 Å². The Bertz CT molecular complexity index is 1310. The Morgan fingerprint density at radius 3 is 2.82 bits per heavy atom. The van der Waals surface area contributed by atoms with E-state index in [9.17, 15) is 9.59 Å². The van der Waals surface area contributed by atoms with Crippen LogP contribution >= 0.6 is 0 Å². The number of carbonyl (C=O) groups is 2.